The normalized spacial score (nSPS) is 14.4. The Bertz CT molecular complexity index is 4930. The van der Waals surface area contributed by atoms with Crippen LogP contribution < -0.4 is 32.3 Å². The molecule has 4 unspecified atom stereocenters. The summed E-state index contributed by atoms with van der Waals surface area (Å²) >= 11 is 41.5. The van der Waals surface area contributed by atoms with Crippen LogP contribution in [0.15, 0.2) is 91.0 Å². The maximum absolute atomic E-state index is 14.7. The first kappa shape index (κ1) is 77.2. The lowest BCUT2D eigenvalue weighted by Gasteiger charge is -2.43. The second-order valence-electron chi connectivity index (χ2n) is 26.2. The van der Waals surface area contributed by atoms with Crippen LogP contribution in [-0.4, -0.2) is 113 Å². The molecule has 1 saturated carbocycles. The van der Waals surface area contributed by atoms with Crippen molar-refractivity contribution in [1.29, 1.82) is 0 Å². The number of primary amides is 1. The summed E-state index contributed by atoms with van der Waals surface area (Å²) in [6.07, 6.45) is 2.15. The average molecular weight is 1580 g/mol. The standard InChI is InChI=1S/C73H71Cl6N9O12S3/c1-32(2)33(3)86(35(5)89)29-38-13-19-42(20-14-38)66(97)84-71-53(47-27-50(75)59(93)56(78)62(47)102-71)68(99)81-34(4)73(8,9)88(37(7)91)31-40-17-23-43(24-18-40)67(98)85-72-54(48-28-51(76)60(94)57(79)63(48)103-72)69(100)82-44-11-10-12-45(25-44)87(36(6)90)30-39-15-21-41(22-16-39)65(96)83-70-52(64(80)95)46-26-49(74)58(92)55(77)61(46)101-70/h13-24,26-28,32-34,44-45,92-94H,10-12,25,29-31H2,1-9H3,(H2,80,95)(H,81,99)(H,82,100)(H,83,96)(H,84,97)(H,85,98). The van der Waals surface area contributed by atoms with Crippen molar-refractivity contribution in [2.45, 2.75) is 137 Å². The van der Waals surface area contributed by atoms with E-state index in [1.165, 1.54) is 39.0 Å². The first-order valence-corrected chi connectivity index (χ1v) is 37.1. The smallest absolute Gasteiger partial charge is 0.256 e. The summed E-state index contributed by atoms with van der Waals surface area (Å²) in [7, 11) is 0. The van der Waals surface area contributed by atoms with Crippen LogP contribution >= 0.6 is 104 Å². The van der Waals surface area contributed by atoms with Crippen LogP contribution in [0.25, 0.3) is 30.3 Å². The summed E-state index contributed by atoms with van der Waals surface area (Å²) in [4.78, 5) is 129. The van der Waals surface area contributed by atoms with E-state index in [1.54, 1.807) is 108 Å². The zero-order chi connectivity index (χ0) is 75.1. The Morgan fingerprint density at radius 2 is 0.913 bits per heavy atom. The molecule has 3 heterocycles. The summed E-state index contributed by atoms with van der Waals surface area (Å²) in [5.41, 5.74) is 7.35. The highest BCUT2D eigenvalue weighted by molar-refractivity contribution is 7.25. The van der Waals surface area contributed by atoms with E-state index in [1.807, 2.05) is 20.8 Å². The molecular weight excluding hydrogens is 1500 g/mol. The van der Waals surface area contributed by atoms with Crippen molar-refractivity contribution in [1.82, 2.24) is 25.3 Å². The predicted octanol–water partition coefficient (Wildman–Crippen LogP) is 16.7. The van der Waals surface area contributed by atoms with Crippen molar-refractivity contribution >= 4 is 202 Å². The lowest BCUT2D eigenvalue weighted by molar-refractivity contribution is -0.136. The van der Waals surface area contributed by atoms with Gasteiger partial charge < -0.3 is 62.3 Å². The first-order valence-electron chi connectivity index (χ1n) is 32.4. The molecule has 10 rings (SSSR count). The molecule has 0 spiro atoms. The Hall–Kier alpha value is -8.43. The van der Waals surface area contributed by atoms with Gasteiger partial charge in [-0.15, -0.1) is 34.0 Å². The third kappa shape index (κ3) is 16.3. The number of benzene rings is 6. The number of hydrogen-bond acceptors (Lipinski definition) is 15. The van der Waals surface area contributed by atoms with E-state index in [0.29, 0.717) is 48.1 Å². The quantitative estimate of drug-likeness (QED) is 0.0306. The summed E-state index contributed by atoms with van der Waals surface area (Å²) < 4.78 is 0.842. The summed E-state index contributed by atoms with van der Waals surface area (Å²) in [6, 6.07) is 22.2. The van der Waals surface area contributed by atoms with Crippen LogP contribution in [0.2, 0.25) is 30.1 Å². The van der Waals surface area contributed by atoms with Crippen LogP contribution in [0.4, 0.5) is 15.0 Å². The highest BCUT2D eigenvalue weighted by Crippen LogP contribution is 2.50. The van der Waals surface area contributed by atoms with E-state index in [9.17, 15) is 58.5 Å². The molecule has 1 aliphatic rings. The molecule has 540 valence electrons. The van der Waals surface area contributed by atoms with Crippen molar-refractivity contribution in [2.75, 3.05) is 16.0 Å². The lowest BCUT2D eigenvalue weighted by Crippen LogP contribution is -2.58. The van der Waals surface area contributed by atoms with E-state index >= 15 is 0 Å². The number of thiophene rings is 3. The zero-order valence-electron chi connectivity index (χ0n) is 56.9. The van der Waals surface area contributed by atoms with Crippen molar-refractivity contribution in [2.24, 2.45) is 11.7 Å². The Kier molecular flexibility index (Phi) is 23.6. The molecule has 0 saturated heterocycles. The van der Waals surface area contributed by atoms with Gasteiger partial charge in [0.05, 0.1) is 51.4 Å². The molecule has 0 aliphatic heterocycles. The van der Waals surface area contributed by atoms with Gasteiger partial charge in [0.1, 0.15) is 30.1 Å². The van der Waals surface area contributed by atoms with Gasteiger partial charge in [-0.05, 0) is 131 Å². The molecule has 0 bridgehead atoms. The number of nitrogens with zero attached hydrogens (tertiary/aromatic N) is 3. The molecule has 3 aromatic heterocycles. The van der Waals surface area contributed by atoms with E-state index in [-0.39, 0.29) is 159 Å². The van der Waals surface area contributed by atoms with Crippen molar-refractivity contribution < 1.29 is 58.5 Å². The third-order valence-corrected chi connectivity index (χ3v) is 24.5. The molecule has 30 heteroatoms. The number of nitrogens with two attached hydrogens (primary N) is 1. The van der Waals surface area contributed by atoms with Gasteiger partial charge in [-0.1, -0.05) is 120 Å². The number of phenolic OH excluding ortho intramolecular Hbond substituents is 3. The average Bonchev–Trinajstić information content (AvgIpc) is 1.63. The first-order chi connectivity index (χ1) is 48.6. The molecular formula is C73H71Cl6N9O12S3. The number of fused-ring (bicyclic) bond motifs is 3. The maximum atomic E-state index is 14.7. The fraction of sp³-hybridized carbons (Fsp3) is 0.301. The van der Waals surface area contributed by atoms with Gasteiger partial charge in [-0.2, -0.15) is 0 Å². The van der Waals surface area contributed by atoms with Gasteiger partial charge >= 0.3 is 0 Å². The molecule has 0 radical (unpaired) electrons. The summed E-state index contributed by atoms with van der Waals surface area (Å²) in [5, 5.41) is 46.8. The minimum atomic E-state index is -1.11. The van der Waals surface area contributed by atoms with E-state index in [2.05, 4.69) is 26.6 Å². The Balaban J connectivity index is 0.805. The molecule has 10 N–H and O–H groups in total. The van der Waals surface area contributed by atoms with Crippen LogP contribution in [-0.2, 0) is 34.0 Å². The number of anilines is 3. The Labute approximate surface area is 634 Å². The number of phenols is 3. The van der Waals surface area contributed by atoms with Crippen LogP contribution in [0.1, 0.15) is 167 Å². The van der Waals surface area contributed by atoms with Gasteiger partial charge in [0.15, 0.2) is 17.2 Å². The monoisotopic (exact) mass is 1570 g/mol. The van der Waals surface area contributed by atoms with Gasteiger partial charge in [0, 0.05) is 97.4 Å². The summed E-state index contributed by atoms with van der Waals surface area (Å²) in [5.74, 6) is -5.50. The number of hydrogen-bond donors (Lipinski definition) is 9. The fourth-order valence-electron chi connectivity index (χ4n) is 12.4. The van der Waals surface area contributed by atoms with Crippen LogP contribution in [0.3, 0.4) is 0 Å². The molecule has 103 heavy (non-hydrogen) atoms. The van der Waals surface area contributed by atoms with Crippen LogP contribution in [0.5, 0.6) is 17.2 Å². The minimum Gasteiger partial charge on any atom is -0.505 e. The third-order valence-electron chi connectivity index (χ3n) is 18.8. The van der Waals surface area contributed by atoms with Crippen molar-refractivity contribution in [3.63, 3.8) is 0 Å². The van der Waals surface area contributed by atoms with E-state index in [0.717, 1.165) is 39.6 Å². The number of aromatic hydroxyl groups is 3. The lowest BCUT2D eigenvalue weighted by atomic mass is 9.89. The minimum absolute atomic E-state index is 0.00670. The summed E-state index contributed by atoms with van der Waals surface area (Å²) in [6.45, 7) is 16.2. The largest absolute Gasteiger partial charge is 0.505 e. The van der Waals surface area contributed by atoms with Gasteiger partial charge in [-0.3, -0.25) is 43.2 Å². The molecule has 6 aromatic carbocycles. The van der Waals surface area contributed by atoms with Gasteiger partial charge in [0.25, 0.3) is 35.4 Å². The Morgan fingerprint density at radius 1 is 0.524 bits per heavy atom. The number of carbonyl (C=O) groups is 9. The second-order valence-corrected chi connectivity index (χ2v) is 31.6. The molecule has 9 aromatic rings. The SMILES string of the molecule is CC(=O)N(Cc1ccc(C(=O)Nc2sc3c(Cl)c(O)c(Cl)cc3c2C(N)=O)cc1)C1CCCC(NC(=O)c2c(NC(=O)c3ccc(CN(C(C)=O)C(C)(C)C(C)NC(=O)c4c(NC(=O)c5ccc(CN(C(C)=O)C(C)C(C)C)cc5)sc5c(Cl)c(O)c(Cl)cc45)cc3)sc3c(Cl)c(O)c(Cl)cc23)C1. The number of carbonyl (C=O) groups excluding carboxylic acids is 9. The maximum Gasteiger partial charge on any atom is 0.256 e. The topological polar surface area (TPSA) is 310 Å². The number of nitrogens with one attached hydrogen (secondary N) is 5. The number of rotatable bonds is 22. The molecule has 1 aliphatic carbocycles. The molecule has 4 atom stereocenters. The molecule has 9 amide bonds. The van der Waals surface area contributed by atoms with Crippen molar-refractivity contribution in [3.05, 3.63) is 171 Å². The molecule has 1 fully saturated rings. The van der Waals surface area contributed by atoms with Gasteiger partial charge in [-0.25, -0.2) is 0 Å². The number of amides is 9. The highest BCUT2D eigenvalue weighted by atomic mass is 35.5. The predicted molar refractivity (Wildman–Crippen MR) is 410 cm³/mol. The highest BCUT2D eigenvalue weighted by Gasteiger charge is 2.38. The van der Waals surface area contributed by atoms with E-state index in [4.69, 9.17) is 75.3 Å². The van der Waals surface area contributed by atoms with E-state index < -0.39 is 64.6 Å². The molecule has 21 nitrogen and oxygen atoms in total. The zero-order valence-corrected chi connectivity index (χ0v) is 63.9. The second kappa shape index (κ2) is 31.5. The van der Waals surface area contributed by atoms with Crippen molar-refractivity contribution in [3.8, 4) is 17.2 Å². The Morgan fingerprint density at radius 3 is 1.30 bits per heavy atom. The van der Waals surface area contributed by atoms with Crippen LogP contribution in [0, 0.1) is 5.92 Å². The fourth-order valence-corrected chi connectivity index (χ4v) is 17.5. The van der Waals surface area contributed by atoms with Gasteiger partial charge in [0.2, 0.25) is 17.7 Å². The number of halogens is 6.